The van der Waals surface area contributed by atoms with E-state index in [1.807, 2.05) is 18.4 Å². The van der Waals surface area contributed by atoms with Crippen molar-refractivity contribution in [2.75, 3.05) is 0 Å². The third-order valence-corrected chi connectivity index (χ3v) is 5.64. The number of dihydropyridines is 1. The Kier molecular flexibility index (Phi) is 4.57. The van der Waals surface area contributed by atoms with Crippen molar-refractivity contribution in [2.24, 2.45) is 10.9 Å². The van der Waals surface area contributed by atoms with Crippen molar-refractivity contribution in [1.29, 1.82) is 0 Å². The molecule has 0 saturated heterocycles. The lowest BCUT2D eigenvalue weighted by Gasteiger charge is -2.47. The lowest BCUT2D eigenvalue weighted by atomic mass is 9.62. The first kappa shape index (κ1) is 17.5. The van der Waals surface area contributed by atoms with Crippen LogP contribution in [0, 0.1) is 5.92 Å². The van der Waals surface area contributed by atoms with E-state index >= 15 is 0 Å². The van der Waals surface area contributed by atoms with Gasteiger partial charge in [-0.1, -0.05) is 66.8 Å². The summed E-state index contributed by atoms with van der Waals surface area (Å²) >= 11 is 0. The molecule has 1 aliphatic heterocycles. The average Bonchev–Trinajstić information content (AvgIpc) is 2.65. The first-order valence-electron chi connectivity index (χ1n) is 9.61. The zero-order valence-corrected chi connectivity index (χ0v) is 16.1. The van der Waals surface area contributed by atoms with Crippen LogP contribution in [0.25, 0.3) is 6.08 Å². The molecule has 1 aromatic rings. The topological polar surface area (TPSA) is 24.4 Å². The van der Waals surface area contributed by atoms with Gasteiger partial charge in [0.1, 0.15) is 5.54 Å². The highest BCUT2D eigenvalue weighted by molar-refractivity contribution is 5.80. The SMILES string of the molecule is C=C1C=CC2=C(CC3C=C(C)CC2(N=C/C=C/c2ccccc2)C3=CC)N1. The van der Waals surface area contributed by atoms with Gasteiger partial charge in [0.2, 0.25) is 0 Å². The zero-order chi connectivity index (χ0) is 18.9. The van der Waals surface area contributed by atoms with Crippen molar-refractivity contribution in [3.05, 3.63) is 101 Å². The number of hydrogen-bond acceptors (Lipinski definition) is 2. The van der Waals surface area contributed by atoms with E-state index < -0.39 is 0 Å². The molecule has 2 atom stereocenters. The quantitative estimate of drug-likeness (QED) is 0.542. The predicted octanol–water partition coefficient (Wildman–Crippen LogP) is 5.75. The number of aliphatic imine (C=N–C) groups is 1. The van der Waals surface area contributed by atoms with Gasteiger partial charge in [-0.15, -0.1) is 0 Å². The van der Waals surface area contributed by atoms with Crippen LogP contribution in [0.5, 0.6) is 0 Å². The van der Waals surface area contributed by atoms with Crippen molar-refractivity contribution < 1.29 is 0 Å². The van der Waals surface area contributed by atoms with Gasteiger partial charge in [-0.25, -0.2) is 0 Å². The Labute approximate surface area is 162 Å². The van der Waals surface area contributed by atoms with Gasteiger partial charge in [-0.2, -0.15) is 0 Å². The van der Waals surface area contributed by atoms with E-state index in [1.165, 1.54) is 28.0 Å². The van der Waals surface area contributed by atoms with Crippen molar-refractivity contribution in [3.8, 4) is 0 Å². The first-order chi connectivity index (χ1) is 13.1. The van der Waals surface area contributed by atoms with E-state index in [4.69, 9.17) is 4.99 Å². The van der Waals surface area contributed by atoms with E-state index in [0.717, 1.165) is 18.5 Å². The number of rotatable bonds is 3. The minimum atomic E-state index is -0.308. The third-order valence-electron chi connectivity index (χ3n) is 5.64. The molecular formula is C25H26N2. The molecule has 27 heavy (non-hydrogen) atoms. The smallest absolute Gasteiger partial charge is 0.112 e. The fraction of sp³-hybridized carbons (Fsp3) is 0.240. The van der Waals surface area contributed by atoms with Crippen LogP contribution in [0.1, 0.15) is 32.3 Å². The Morgan fingerprint density at radius 1 is 1.22 bits per heavy atom. The van der Waals surface area contributed by atoms with Crippen LogP contribution in [0.4, 0.5) is 0 Å². The third kappa shape index (κ3) is 3.16. The maximum atomic E-state index is 5.16. The molecule has 1 N–H and O–H groups in total. The summed E-state index contributed by atoms with van der Waals surface area (Å²) in [6, 6.07) is 10.3. The molecule has 136 valence electrons. The van der Waals surface area contributed by atoms with Crippen molar-refractivity contribution >= 4 is 12.3 Å². The molecule has 2 bridgehead atoms. The van der Waals surface area contributed by atoms with E-state index in [9.17, 15) is 0 Å². The molecule has 2 heteroatoms. The highest BCUT2D eigenvalue weighted by Crippen LogP contribution is 2.51. The molecule has 0 aromatic heterocycles. The number of nitrogens with one attached hydrogen (secondary N) is 1. The lowest BCUT2D eigenvalue weighted by molar-refractivity contribution is 0.453. The standard InChI is InChI=1S/C25H26N2/c1-4-22-21-15-18(2)17-25(22,23-13-12-19(3)27-24(23)16-21)26-14-8-11-20-9-6-5-7-10-20/h4-15,21,27H,3,16-17H2,1-2H3/b11-8+,22-4?,26-14?. The highest BCUT2D eigenvalue weighted by atomic mass is 15.0. The van der Waals surface area contributed by atoms with Crippen LogP contribution in [0.2, 0.25) is 0 Å². The molecule has 3 aliphatic rings. The summed E-state index contributed by atoms with van der Waals surface area (Å²) in [4.78, 5) is 5.16. The molecule has 0 saturated carbocycles. The largest absolute Gasteiger partial charge is 0.359 e. The molecular weight excluding hydrogens is 328 g/mol. The van der Waals surface area contributed by atoms with Gasteiger partial charge >= 0.3 is 0 Å². The summed E-state index contributed by atoms with van der Waals surface area (Å²) in [5.74, 6) is 0.407. The van der Waals surface area contributed by atoms with E-state index in [1.54, 1.807) is 0 Å². The normalized spacial score (nSPS) is 28.7. The second kappa shape index (κ2) is 7.03. The number of nitrogens with zero attached hydrogens (tertiary/aromatic N) is 1. The van der Waals surface area contributed by atoms with E-state index in [2.05, 4.69) is 80.4 Å². The number of hydrogen-bond donors (Lipinski definition) is 1. The maximum absolute atomic E-state index is 5.16. The Balaban J connectivity index is 1.75. The minimum Gasteiger partial charge on any atom is -0.359 e. The minimum absolute atomic E-state index is 0.308. The second-order valence-electron chi connectivity index (χ2n) is 7.53. The van der Waals surface area contributed by atoms with Crippen LogP contribution in [-0.2, 0) is 0 Å². The van der Waals surface area contributed by atoms with Crippen LogP contribution < -0.4 is 5.32 Å². The zero-order valence-electron chi connectivity index (χ0n) is 16.1. The summed E-state index contributed by atoms with van der Waals surface area (Å²) in [5.41, 5.74) is 7.22. The summed E-state index contributed by atoms with van der Waals surface area (Å²) in [6.45, 7) is 8.45. The first-order valence-corrected chi connectivity index (χ1v) is 9.61. The molecule has 2 unspecified atom stereocenters. The van der Waals surface area contributed by atoms with Gasteiger partial charge in [0.15, 0.2) is 0 Å². The van der Waals surface area contributed by atoms with Crippen molar-refractivity contribution in [3.63, 3.8) is 0 Å². The highest BCUT2D eigenvalue weighted by Gasteiger charge is 2.47. The number of fused-ring (bicyclic) bond motifs is 3. The van der Waals surface area contributed by atoms with Gasteiger partial charge in [-0.05, 0) is 43.6 Å². The molecule has 0 fully saturated rings. The molecule has 2 aliphatic carbocycles. The summed E-state index contributed by atoms with van der Waals surface area (Å²) in [6.07, 6.45) is 17.0. The molecule has 0 spiro atoms. The maximum Gasteiger partial charge on any atom is 0.112 e. The predicted molar refractivity (Wildman–Crippen MR) is 115 cm³/mol. The Bertz CT molecular complexity index is 938. The second-order valence-corrected chi connectivity index (χ2v) is 7.53. The molecule has 0 radical (unpaired) electrons. The summed E-state index contributed by atoms with van der Waals surface area (Å²) < 4.78 is 0. The Morgan fingerprint density at radius 3 is 2.81 bits per heavy atom. The van der Waals surface area contributed by atoms with Gasteiger partial charge in [0.05, 0.1) is 0 Å². The monoisotopic (exact) mass is 354 g/mol. The van der Waals surface area contributed by atoms with Gasteiger partial charge in [0.25, 0.3) is 0 Å². The van der Waals surface area contributed by atoms with Crippen molar-refractivity contribution in [1.82, 2.24) is 5.32 Å². The van der Waals surface area contributed by atoms with Crippen LogP contribution in [0.3, 0.4) is 0 Å². The van der Waals surface area contributed by atoms with Gasteiger partial charge in [-0.3, -0.25) is 4.99 Å². The Morgan fingerprint density at radius 2 is 2.04 bits per heavy atom. The molecule has 4 rings (SSSR count). The molecule has 2 nitrogen and oxygen atoms in total. The fourth-order valence-electron chi connectivity index (χ4n) is 4.61. The summed E-state index contributed by atoms with van der Waals surface area (Å²) in [7, 11) is 0. The van der Waals surface area contributed by atoms with Crippen LogP contribution in [-0.4, -0.2) is 11.8 Å². The van der Waals surface area contributed by atoms with Crippen LogP contribution >= 0.6 is 0 Å². The Hall–Kier alpha value is -2.87. The van der Waals surface area contributed by atoms with Crippen LogP contribution in [0.15, 0.2) is 100 Å². The average molecular weight is 354 g/mol. The molecule has 1 heterocycles. The van der Waals surface area contributed by atoms with Gasteiger partial charge in [0, 0.05) is 35.5 Å². The molecule has 0 amide bonds. The summed E-state index contributed by atoms with van der Waals surface area (Å²) in [5, 5.41) is 3.50. The van der Waals surface area contributed by atoms with E-state index in [0.29, 0.717) is 5.92 Å². The van der Waals surface area contributed by atoms with E-state index in [-0.39, 0.29) is 5.54 Å². The number of allylic oxidation sites excluding steroid dienone is 5. The molecule has 1 aromatic carbocycles. The number of benzene rings is 1. The van der Waals surface area contributed by atoms with Gasteiger partial charge < -0.3 is 5.32 Å². The lowest BCUT2D eigenvalue weighted by Crippen LogP contribution is -2.44. The van der Waals surface area contributed by atoms with Crippen molar-refractivity contribution in [2.45, 2.75) is 32.2 Å². The fourth-order valence-corrected chi connectivity index (χ4v) is 4.61.